The highest BCUT2D eigenvalue weighted by Gasteiger charge is 2.48. The summed E-state index contributed by atoms with van der Waals surface area (Å²) in [5.74, 6) is 1.17. The Hall–Kier alpha value is -2.29. The molecule has 4 rings (SSSR count). The second-order valence-electron chi connectivity index (χ2n) is 7.56. The summed E-state index contributed by atoms with van der Waals surface area (Å²) in [5.41, 5.74) is 1.17. The predicted octanol–water partition coefficient (Wildman–Crippen LogP) is 3.49. The number of hydrogen-bond acceptors (Lipinski definition) is 5. The second kappa shape index (κ2) is 7.62. The number of alkyl halides is 3. The minimum absolute atomic E-state index is 0.0130. The molecule has 1 saturated heterocycles. The van der Waals surface area contributed by atoms with Crippen LogP contribution in [0.1, 0.15) is 30.9 Å². The number of nitrogens with zero attached hydrogens (tertiary/aromatic N) is 4. The molecule has 0 amide bonds. The van der Waals surface area contributed by atoms with Gasteiger partial charge in [0, 0.05) is 19.1 Å². The van der Waals surface area contributed by atoms with Gasteiger partial charge in [0.1, 0.15) is 12.1 Å². The van der Waals surface area contributed by atoms with Crippen LogP contribution in [-0.2, 0) is 6.54 Å². The van der Waals surface area contributed by atoms with Crippen molar-refractivity contribution in [3.05, 3.63) is 36.2 Å². The third kappa shape index (κ3) is 3.94. The quantitative estimate of drug-likeness (QED) is 0.859. The third-order valence-corrected chi connectivity index (χ3v) is 5.71. The van der Waals surface area contributed by atoms with E-state index in [0.29, 0.717) is 0 Å². The Morgan fingerprint density at radius 2 is 2.04 bits per heavy atom. The Balaban J connectivity index is 1.44. The summed E-state index contributed by atoms with van der Waals surface area (Å²) in [6.45, 7) is 2.50. The highest BCUT2D eigenvalue weighted by Crippen LogP contribution is 2.40. The second-order valence-corrected chi connectivity index (χ2v) is 7.56. The predicted molar refractivity (Wildman–Crippen MR) is 98.1 cm³/mol. The van der Waals surface area contributed by atoms with Crippen molar-refractivity contribution in [1.29, 1.82) is 0 Å². The number of methoxy groups -OCH3 is 1. The molecule has 152 valence electrons. The largest absolute Gasteiger partial charge is 0.497 e. The topological polar surface area (TPSA) is 55.2 Å². The molecule has 3 heterocycles. The molecule has 6 nitrogen and oxygen atoms in total. The third-order valence-electron chi connectivity index (χ3n) is 5.71. The van der Waals surface area contributed by atoms with Gasteiger partial charge in [-0.3, -0.25) is 4.90 Å². The van der Waals surface area contributed by atoms with E-state index in [1.165, 1.54) is 11.9 Å². The number of hydrogen-bond donors (Lipinski definition) is 1. The number of aromatic nitrogens is 3. The summed E-state index contributed by atoms with van der Waals surface area (Å²) >= 11 is 0. The minimum atomic E-state index is -4.33. The number of ether oxygens (including phenoxy) is 1. The lowest BCUT2D eigenvalue weighted by Crippen LogP contribution is -2.47. The van der Waals surface area contributed by atoms with Gasteiger partial charge in [0.05, 0.1) is 7.11 Å². The summed E-state index contributed by atoms with van der Waals surface area (Å²) in [6.07, 6.45) is -1.28. The molecule has 0 bridgehead atoms. The number of likely N-dealkylation sites (tertiary alicyclic amines) is 1. The fourth-order valence-corrected chi connectivity index (χ4v) is 4.28. The van der Waals surface area contributed by atoms with Crippen LogP contribution in [0.4, 0.5) is 19.1 Å². The van der Waals surface area contributed by atoms with E-state index in [4.69, 9.17) is 4.74 Å². The first kappa shape index (κ1) is 19.0. The number of anilines is 1. The molecule has 1 N–H and O–H groups in total. The SMILES string of the molecule is COc1ccc(CN2CCCC([C@@H]3C[C@H](C(F)(F)F)n4ncnc4N3)C2)cc1. The molecule has 0 aliphatic carbocycles. The molecular weight excluding hydrogens is 371 g/mol. The van der Waals surface area contributed by atoms with E-state index in [1.54, 1.807) is 7.11 Å². The van der Waals surface area contributed by atoms with Gasteiger partial charge < -0.3 is 10.1 Å². The lowest BCUT2D eigenvalue weighted by atomic mass is 9.86. The molecular formula is C19H24F3N5O. The molecule has 2 aliphatic heterocycles. The molecule has 1 unspecified atom stereocenters. The molecule has 0 saturated carbocycles. The van der Waals surface area contributed by atoms with E-state index in [9.17, 15) is 13.2 Å². The van der Waals surface area contributed by atoms with Crippen LogP contribution >= 0.6 is 0 Å². The number of rotatable bonds is 4. The zero-order valence-corrected chi connectivity index (χ0v) is 15.7. The van der Waals surface area contributed by atoms with E-state index in [-0.39, 0.29) is 24.3 Å². The van der Waals surface area contributed by atoms with Gasteiger partial charge in [-0.25, -0.2) is 4.68 Å². The first-order valence-electron chi connectivity index (χ1n) is 9.52. The Labute approximate surface area is 161 Å². The van der Waals surface area contributed by atoms with Crippen molar-refractivity contribution in [3.8, 4) is 5.75 Å². The van der Waals surface area contributed by atoms with Crippen molar-refractivity contribution in [2.75, 3.05) is 25.5 Å². The lowest BCUT2D eigenvalue weighted by molar-refractivity contribution is -0.174. The summed E-state index contributed by atoms with van der Waals surface area (Å²) in [6, 6.07) is 6.04. The highest BCUT2D eigenvalue weighted by atomic mass is 19.4. The molecule has 2 aromatic rings. The van der Waals surface area contributed by atoms with E-state index < -0.39 is 12.2 Å². The standard InChI is InChI=1S/C19H24F3N5O/c1-28-15-6-4-13(5-7-15)10-26-8-2-3-14(11-26)16-9-17(19(20,21)22)27-18(25-16)23-12-24-27/h4-7,12,14,16-17H,2-3,8-11H2,1H3,(H,23,24,25)/t14?,16-,17+/m0/s1. The fourth-order valence-electron chi connectivity index (χ4n) is 4.28. The van der Waals surface area contributed by atoms with Crippen LogP contribution in [0.25, 0.3) is 0 Å². The zero-order chi connectivity index (χ0) is 19.7. The van der Waals surface area contributed by atoms with Gasteiger partial charge in [0.25, 0.3) is 0 Å². The maximum atomic E-state index is 13.5. The number of benzene rings is 1. The van der Waals surface area contributed by atoms with Crippen LogP contribution < -0.4 is 10.1 Å². The van der Waals surface area contributed by atoms with E-state index in [2.05, 4.69) is 20.3 Å². The monoisotopic (exact) mass is 395 g/mol. The van der Waals surface area contributed by atoms with Crippen molar-refractivity contribution < 1.29 is 17.9 Å². The molecule has 28 heavy (non-hydrogen) atoms. The van der Waals surface area contributed by atoms with Gasteiger partial charge >= 0.3 is 6.18 Å². The average molecular weight is 395 g/mol. The van der Waals surface area contributed by atoms with Gasteiger partial charge in [-0.15, -0.1) is 0 Å². The molecule has 1 fully saturated rings. The minimum Gasteiger partial charge on any atom is -0.497 e. The normalized spacial score (nSPS) is 25.8. The maximum absolute atomic E-state index is 13.5. The summed E-state index contributed by atoms with van der Waals surface area (Å²) in [7, 11) is 1.64. The van der Waals surface area contributed by atoms with Crippen LogP contribution in [0.5, 0.6) is 5.75 Å². The number of fused-ring (bicyclic) bond motifs is 1. The Morgan fingerprint density at radius 1 is 1.25 bits per heavy atom. The molecule has 0 radical (unpaired) electrons. The summed E-state index contributed by atoms with van der Waals surface area (Å²) < 4.78 is 46.7. The molecule has 2 aliphatic rings. The van der Waals surface area contributed by atoms with Gasteiger partial charge in [-0.1, -0.05) is 12.1 Å². The van der Waals surface area contributed by atoms with Crippen molar-refractivity contribution in [1.82, 2.24) is 19.7 Å². The van der Waals surface area contributed by atoms with Crippen molar-refractivity contribution in [3.63, 3.8) is 0 Å². The van der Waals surface area contributed by atoms with Crippen LogP contribution in [-0.4, -0.2) is 52.1 Å². The van der Waals surface area contributed by atoms with Gasteiger partial charge in [0.15, 0.2) is 6.04 Å². The molecule has 0 spiro atoms. The van der Waals surface area contributed by atoms with Crippen molar-refractivity contribution in [2.45, 2.75) is 44.1 Å². The molecule has 9 heteroatoms. The van der Waals surface area contributed by atoms with Crippen molar-refractivity contribution in [2.24, 2.45) is 5.92 Å². The van der Waals surface area contributed by atoms with Crippen LogP contribution in [0.15, 0.2) is 30.6 Å². The van der Waals surface area contributed by atoms with Crippen LogP contribution in [0.2, 0.25) is 0 Å². The summed E-state index contributed by atoms with van der Waals surface area (Å²) in [4.78, 5) is 6.30. The van der Waals surface area contributed by atoms with Gasteiger partial charge in [-0.2, -0.15) is 23.3 Å². The van der Waals surface area contributed by atoms with Crippen LogP contribution in [0.3, 0.4) is 0 Å². The number of nitrogens with one attached hydrogen (secondary N) is 1. The van der Waals surface area contributed by atoms with Crippen molar-refractivity contribution >= 4 is 5.95 Å². The van der Waals surface area contributed by atoms with Gasteiger partial charge in [-0.05, 0) is 49.4 Å². The number of halogens is 3. The first-order chi connectivity index (χ1) is 13.4. The zero-order valence-electron chi connectivity index (χ0n) is 15.7. The van der Waals surface area contributed by atoms with Crippen LogP contribution in [0, 0.1) is 5.92 Å². The molecule has 1 aromatic heterocycles. The highest BCUT2D eigenvalue weighted by molar-refractivity contribution is 5.30. The maximum Gasteiger partial charge on any atom is 0.411 e. The fraction of sp³-hybridized carbons (Fsp3) is 0.579. The Bertz CT molecular complexity index is 792. The Morgan fingerprint density at radius 3 is 2.75 bits per heavy atom. The smallest absolute Gasteiger partial charge is 0.411 e. The van der Waals surface area contributed by atoms with Gasteiger partial charge in [0.2, 0.25) is 5.95 Å². The lowest BCUT2D eigenvalue weighted by Gasteiger charge is -2.41. The Kier molecular flexibility index (Phi) is 5.18. The van der Waals surface area contributed by atoms with E-state index in [0.717, 1.165) is 42.9 Å². The molecule has 1 aromatic carbocycles. The van der Waals surface area contributed by atoms with E-state index >= 15 is 0 Å². The van der Waals surface area contributed by atoms with E-state index in [1.807, 2.05) is 24.3 Å². The summed E-state index contributed by atoms with van der Waals surface area (Å²) in [5, 5.41) is 6.97. The first-order valence-corrected chi connectivity index (χ1v) is 9.52. The average Bonchev–Trinajstić information content (AvgIpc) is 3.16. The number of piperidine rings is 1. The molecule has 3 atom stereocenters.